The summed E-state index contributed by atoms with van der Waals surface area (Å²) in [6.45, 7) is 4.89. The van der Waals surface area contributed by atoms with Gasteiger partial charge in [-0.05, 0) is 71.7 Å². The number of aryl methyl sites for hydroxylation is 1. The number of tetrazole rings is 1. The second kappa shape index (κ2) is 9.50. The Morgan fingerprint density at radius 2 is 2.03 bits per heavy atom. The lowest BCUT2D eigenvalue weighted by molar-refractivity contribution is 0.0906. The quantitative estimate of drug-likeness (QED) is 0.583. The van der Waals surface area contributed by atoms with E-state index in [-0.39, 0.29) is 11.7 Å². The van der Waals surface area contributed by atoms with Crippen LogP contribution in [0.15, 0.2) is 29.1 Å². The zero-order valence-electron chi connectivity index (χ0n) is 18.8. The molecule has 2 aliphatic rings. The van der Waals surface area contributed by atoms with Crippen molar-refractivity contribution < 1.29 is 4.74 Å². The maximum Gasteiger partial charge on any atom is 0.252 e. The third-order valence-corrected chi connectivity index (χ3v) is 6.96. The molecule has 1 saturated carbocycles. The molecule has 1 N–H and O–H groups in total. The van der Waals surface area contributed by atoms with Crippen molar-refractivity contribution in [3.8, 4) is 0 Å². The summed E-state index contributed by atoms with van der Waals surface area (Å²) in [7, 11) is 0. The van der Waals surface area contributed by atoms with Crippen LogP contribution in [0.4, 0.5) is 0 Å². The van der Waals surface area contributed by atoms with Gasteiger partial charge in [0.15, 0.2) is 5.82 Å². The first-order valence-corrected chi connectivity index (χ1v) is 11.9. The van der Waals surface area contributed by atoms with Crippen LogP contribution in [0.1, 0.15) is 62.4 Å². The lowest BCUT2D eigenvalue weighted by atomic mass is 10.1. The van der Waals surface area contributed by atoms with E-state index in [1.165, 1.54) is 18.4 Å². The Morgan fingerprint density at radius 1 is 1.16 bits per heavy atom. The van der Waals surface area contributed by atoms with E-state index >= 15 is 0 Å². The molecule has 1 aliphatic heterocycles. The highest BCUT2D eigenvalue weighted by Gasteiger charge is 2.26. The van der Waals surface area contributed by atoms with Gasteiger partial charge in [0.05, 0.1) is 19.2 Å². The molecule has 1 saturated heterocycles. The SMILES string of the molecule is CCc1ccc2[nH]c(=O)c(CN(Cc3nnnn3CC3CCCO3)C3CCCC3)cc2c1. The fraction of sp³-hybridized carbons (Fsp3) is 0.583. The molecule has 0 spiro atoms. The van der Waals surface area contributed by atoms with Crippen molar-refractivity contribution >= 4 is 10.9 Å². The van der Waals surface area contributed by atoms with E-state index in [1.54, 1.807) is 0 Å². The highest BCUT2D eigenvalue weighted by atomic mass is 16.5. The largest absolute Gasteiger partial charge is 0.376 e. The molecule has 5 rings (SSSR count). The van der Waals surface area contributed by atoms with E-state index in [2.05, 4.69) is 50.5 Å². The molecule has 1 atom stereocenters. The lowest BCUT2D eigenvalue weighted by Gasteiger charge is -2.28. The summed E-state index contributed by atoms with van der Waals surface area (Å²) < 4.78 is 7.67. The number of ether oxygens (including phenoxy) is 1. The molecular weight excluding hydrogens is 404 g/mol. The Bertz CT molecular complexity index is 1110. The standard InChI is InChI=1S/C24H32N6O2/c1-2-17-9-10-22-18(12-17)13-19(24(31)25-22)14-29(20-6-3-4-7-20)16-23-26-27-28-30(23)15-21-8-5-11-32-21/h9-10,12-13,20-21H,2-8,11,14-16H2,1H3,(H,25,31). The smallest absolute Gasteiger partial charge is 0.252 e. The van der Waals surface area contributed by atoms with Gasteiger partial charge in [-0.2, -0.15) is 0 Å². The summed E-state index contributed by atoms with van der Waals surface area (Å²) in [4.78, 5) is 18.4. The number of hydrogen-bond donors (Lipinski definition) is 1. The molecule has 3 aromatic rings. The second-order valence-electron chi connectivity index (χ2n) is 9.15. The highest BCUT2D eigenvalue weighted by Crippen LogP contribution is 2.26. The average molecular weight is 437 g/mol. The first-order chi connectivity index (χ1) is 15.7. The minimum Gasteiger partial charge on any atom is -0.376 e. The summed E-state index contributed by atoms with van der Waals surface area (Å²) in [6.07, 6.45) is 8.09. The van der Waals surface area contributed by atoms with Crippen molar-refractivity contribution in [1.82, 2.24) is 30.1 Å². The van der Waals surface area contributed by atoms with Gasteiger partial charge < -0.3 is 9.72 Å². The van der Waals surface area contributed by atoms with E-state index in [9.17, 15) is 4.79 Å². The molecule has 0 amide bonds. The van der Waals surface area contributed by atoms with Crippen LogP contribution in [0.5, 0.6) is 0 Å². The van der Waals surface area contributed by atoms with Crippen molar-refractivity contribution in [2.75, 3.05) is 6.61 Å². The van der Waals surface area contributed by atoms with Crippen molar-refractivity contribution in [1.29, 1.82) is 0 Å². The predicted molar refractivity (Wildman–Crippen MR) is 122 cm³/mol. The van der Waals surface area contributed by atoms with Crippen LogP contribution in [0.25, 0.3) is 10.9 Å². The summed E-state index contributed by atoms with van der Waals surface area (Å²) in [5.41, 5.74) is 2.96. The molecule has 1 aromatic carbocycles. The summed E-state index contributed by atoms with van der Waals surface area (Å²) in [5, 5.41) is 13.6. The number of benzene rings is 1. The van der Waals surface area contributed by atoms with Crippen molar-refractivity contribution in [2.24, 2.45) is 0 Å². The molecule has 32 heavy (non-hydrogen) atoms. The first-order valence-electron chi connectivity index (χ1n) is 11.9. The summed E-state index contributed by atoms with van der Waals surface area (Å²) in [5.74, 6) is 0.845. The lowest BCUT2D eigenvalue weighted by Crippen LogP contribution is -2.35. The average Bonchev–Trinajstić information content (AvgIpc) is 3.58. The van der Waals surface area contributed by atoms with Crippen molar-refractivity contribution in [3.05, 3.63) is 51.6 Å². The Labute approximate surface area is 188 Å². The number of aromatic amines is 1. The maximum absolute atomic E-state index is 12.9. The Balaban J connectivity index is 1.40. The number of rotatable bonds is 8. The van der Waals surface area contributed by atoms with Gasteiger partial charge in [0.2, 0.25) is 0 Å². The molecular formula is C24H32N6O2. The zero-order chi connectivity index (χ0) is 21.9. The monoisotopic (exact) mass is 436 g/mol. The third kappa shape index (κ3) is 4.61. The molecule has 8 nitrogen and oxygen atoms in total. The normalized spacial score (nSPS) is 19.5. The Morgan fingerprint density at radius 3 is 2.81 bits per heavy atom. The number of aromatic nitrogens is 5. The van der Waals surface area contributed by atoms with Crippen LogP contribution in [0.3, 0.4) is 0 Å². The van der Waals surface area contributed by atoms with Crippen molar-refractivity contribution in [2.45, 2.75) is 83.6 Å². The molecule has 0 bridgehead atoms. The van der Waals surface area contributed by atoms with Crippen LogP contribution in [-0.2, 0) is 30.8 Å². The summed E-state index contributed by atoms with van der Waals surface area (Å²) in [6, 6.07) is 8.77. The minimum absolute atomic E-state index is 0.0105. The topological polar surface area (TPSA) is 88.9 Å². The van der Waals surface area contributed by atoms with E-state index < -0.39 is 0 Å². The molecule has 1 unspecified atom stereocenters. The van der Waals surface area contributed by atoms with Gasteiger partial charge in [0.1, 0.15) is 0 Å². The number of pyridine rings is 1. The Kier molecular flexibility index (Phi) is 6.32. The number of fused-ring (bicyclic) bond motifs is 1. The molecule has 2 aromatic heterocycles. The van der Waals surface area contributed by atoms with Crippen LogP contribution in [0, 0.1) is 0 Å². The van der Waals surface area contributed by atoms with Gasteiger partial charge in [-0.25, -0.2) is 4.68 Å². The predicted octanol–water partition coefficient (Wildman–Crippen LogP) is 3.20. The highest BCUT2D eigenvalue weighted by molar-refractivity contribution is 5.79. The number of nitrogens with zero attached hydrogens (tertiary/aromatic N) is 5. The van der Waals surface area contributed by atoms with Crippen LogP contribution in [0.2, 0.25) is 0 Å². The van der Waals surface area contributed by atoms with Gasteiger partial charge in [-0.3, -0.25) is 9.69 Å². The van der Waals surface area contributed by atoms with E-state index in [4.69, 9.17) is 4.74 Å². The first kappa shape index (κ1) is 21.3. The summed E-state index contributed by atoms with van der Waals surface area (Å²) >= 11 is 0. The van der Waals surface area contributed by atoms with Gasteiger partial charge in [0.25, 0.3) is 5.56 Å². The number of hydrogen-bond acceptors (Lipinski definition) is 6. The van der Waals surface area contributed by atoms with E-state index in [1.807, 2.05) is 10.7 Å². The van der Waals surface area contributed by atoms with Gasteiger partial charge in [0, 0.05) is 30.3 Å². The Hall–Kier alpha value is -2.58. The van der Waals surface area contributed by atoms with E-state index in [0.717, 1.165) is 61.0 Å². The molecule has 2 fully saturated rings. The minimum atomic E-state index is -0.0105. The fourth-order valence-electron chi connectivity index (χ4n) is 5.08. The number of nitrogens with one attached hydrogen (secondary N) is 1. The maximum atomic E-state index is 12.9. The molecule has 1 aliphatic carbocycles. The van der Waals surface area contributed by atoms with Crippen LogP contribution in [-0.4, -0.2) is 48.8 Å². The second-order valence-corrected chi connectivity index (χ2v) is 9.15. The van der Waals surface area contributed by atoms with Crippen molar-refractivity contribution in [3.63, 3.8) is 0 Å². The van der Waals surface area contributed by atoms with Gasteiger partial charge in [-0.15, -0.1) is 5.10 Å². The molecule has 0 radical (unpaired) electrons. The van der Waals surface area contributed by atoms with Gasteiger partial charge >= 0.3 is 0 Å². The third-order valence-electron chi connectivity index (χ3n) is 6.96. The fourth-order valence-corrected chi connectivity index (χ4v) is 5.08. The molecule has 170 valence electrons. The molecule has 3 heterocycles. The van der Waals surface area contributed by atoms with Crippen LogP contribution < -0.4 is 5.56 Å². The molecule has 8 heteroatoms. The number of H-pyrrole nitrogens is 1. The van der Waals surface area contributed by atoms with E-state index in [0.29, 0.717) is 25.7 Å². The van der Waals surface area contributed by atoms with Crippen LogP contribution >= 0.6 is 0 Å². The van der Waals surface area contributed by atoms with Gasteiger partial charge in [-0.1, -0.05) is 25.8 Å². The zero-order valence-corrected chi connectivity index (χ0v) is 18.8.